The van der Waals surface area contributed by atoms with Gasteiger partial charge in [-0.1, -0.05) is 42.5 Å². The van der Waals surface area contributed by atoms with Crippen LogP contribution in [0.5, 0.6) is 5.75 Å². The predicted molar refractivity (Wildman–Crippen MR) is 142 cm³/mol. The molecular weight excluding hydrogens is 470 g/mol. The predicted octanol–water partition coefficient (Wildman–Crippen LogP) is 4.01. The molecule has 0 radical (unpaired) electrons. The summed E-state index contributed by atoms with van der Waals surface area (Å²) in [4.78, 5) is 34.1. The van der Waals surface area contributed by atoms with Gasteiger partial charge in [0, 0.05) is 37.6 Å². The van der Waals surface area contributed by atoms with Crippen LogP contribution in [-0.2, 0) is 22.4 Å². The molecule has 2 amide bonds. The van der Waals surface area contributed by atoms with Crippen molar-refractivity contribution in [2.24, 2.45) is 0 Å². The molecule has 2 aliphatic heterocycles. The second-order valence-electron chi connectivity index (χ2n) is 9.51. The molecule has 188 valence electrons. The molecule has 3 heterocycles. The Kier molecular flexibility index (Phi) is 7.39. The first-order valence-corrected chi connectivity index (χ1v) is 13.5. The smallest absolute Gasteiger partial charge is 0.239 e. The summed E-state index contributed by atoms with van der Waals surface area (Å²) in [6.07, 6.45) is 1.34. The van der Waals surface area contributed by atoms with Gasteiger partial charge in [0.15, 0.2) is 0 Å². The van der Waals surface area contributed by atoms with E-state index in [1.54, 1.807) is 7.11 Å². The number of thiophene rings is 1. The zero-order chi connectivity index (χ0) is 25.1. The van der Waals surface area contributed by atoms with Gasteiger partial charge in [0.05, 0.1) is 25.6 Å². The summed E-state index contributed by atoms with van der Waals surface area (Å²) in [5, 5.41) is 2.17. The Morgan fingerprint density at radius 1 is 0.944 bits per heavy atom. The summed E-state index contributed by atoms with van der Waals surface area (Å²) >= 11 is 1.81. The van der Waals surface area contributed by atoms with Gasteiger partial charge in [-0.15, -0.1) is 11.3 Å². The van der Waals surface area contributed by atoms with Crippen LogP contribution in [0.4, 0.5) is 0 Å². The standard InChI is InChI=1S/C29H33N3O3S/c1-21(32-14-12-26-25(13-19-36-26)28(32)23-6-4-3-5-7-23)29(34)31-17-15-30(16-18-31)27(33)20-22-8-10-24(35-2)11-9-22/h3-11,13,19,21,28H,12,14-18,20H2,1-2H3. The third kappa shape index (κ3) is 5.04. The van der Waals surface area contributed by atoms with Crippen LogP contribution in [0, 0.1) is 0 Å². The molecule has 36 heavy (non-hydrogen) atoms. The van der Waals surface area contributed by atoms with Gasteiger partial charge in [-0.05, 0) is 53.6 Å². The first kappa shape index (κ1) is 24.5. The molecule has 1 saturated heterocycles. The number of rotatable bonds is 6. The van der Waals surface area contributed by atoms with E-state index in [0.717, 1.165) is 24.3 Å². The van der Waals surface area contributed by atoms with Crippen LogP contribution >= 0.6 is 11.3 Å². The van der Waals surface area contributed by atoms with Crippen molar-refractivity contribution in [2.75, 3.05) is 39.8 Å². The largest absolute Gasteiger partial charge is 0.497 e. The fourth-order valence-electron chi connectivity index (χ4n) is 5.37. The number of carbonyl (C=O) groups is 2. The van der Waals surface area contributed by atoms with Crippen molar-refractivity contribution in [1.29, 1.82) is 0 Å². The maximum atomic E-state index is 13.6. The Morgan fingerprint density at radius 3 is 2.33 bits per heavy atom. The van der Waals surface area contributed by atoms with Gasteiger partial charge in [0.1, 0.15) is 5.75 Å². The maximum Gasteiger partial charge on any atom is 0.239 e. The average molecular weight is 504 g/mol. The molecule has 0 bridgehead atoms. The number of hydrogen-bond donors (Lipinski definition) is 0. The second kappa shape index (κ2) is 10.8. The Labute approximate surface area is 217 Å². The molecule has 3 aromatic rings. The Balaban J connectivity index is 1.22. The number of fused-ring (bicyclic) bond motifs is 1. The minimum Gasteiger partial charge on any atom is -0.497 e. The summed E-state index contributed by atoms with van der Waals surface area (Å²) in [6.45, 7) is 5.20. The molecule has 1 aromatic heterocycles. The van der Waals surface area contributed by atoms with Crippen LogP contribution in [0.15, 0.2) is 66.0 Å². The Bertz CT molecular complexity index is 1190. The number of methoxy groups -OCH3 is 1. The topological polar surface area (TPSA) is 53.1 Å². The van der Waals surface area contributed by atoms with Gasteiger partial charge >= 0.3 is 0 Å². The van der Waals surface area contributed by atoms with Crippen LogP contribution in [0.2, 0.25) is 0 Å². The molecule has 0 N–H and O–H groups in total. The zero-order valence-corrected chi connectivity index (χ0v) is 21.7. The van der Waals surface area contributed by atoms with E-state index in [1.807, 2.05) is 58.4 Å². The van der Waals surface area contributed by atoms with Crippen molar-refractivity contribution in [2.45, 2.75) is 31.8 Å². The van der Waals surface area contributed by atoms with Crippen molar-refractivity contribution >= 4 is 23.2 Å². The molecule has 0 saturated carbocycles. The SMILES string of the molecule is COc1ccc(CC(=O)N2CCN(C(=O)C(C)N3CCc4sccc4C3c3ccccc3)CC2)cc1. The summed E-state index contributed by atoms with van der Waals surface area (Å²) in [6, 6.07) is 20.2. The summed E-state index contributed by atoms with van der Waals surface area (Å²) in [5.41, 5.74) is 3.52. The fourth-order valence-corrected chi connectivity index (χ4v) is 6.28. The van der Waals surface area contributed by atoms with E-state index in [9.17, 15) is 9.59 Å². The van der Waals surface area contributed by atoms with E-state index < -0.39 is 0 Å². The molecule has 2 aromatic carbocycles. The molecule has 7 heteroatoms. The van der Waals surface area contributed by atoms with E-state index >= 15 is 0 Å². The van der Waals surface area contributed by atoms with Crippen LogP contribution < -0.4 is 4.74 Å². The number of nitrogens with zero attached hydrogens (tertiary/aromatic N) is 3. The lowest BCUT2D eigenvalue weighted by Crippen LogP contribution is -2.56. The van der Waals surface area contributed by atoms with Gasteiger partial charge in [0.25, 0.3) is 0 Å². The zero-order valence-electron chi connectivity index (χ0n) is 20.9. The molecule has 2 aliphatic rings. The van der Waals surface area contributed by atoms with Gasteiger partial charge in [-0.3, -0.25) is 14.5 Å². The number of carbonyl (C=O) groups excluding carboxylic acids is 2. The third-order valence-electron chi connectivity index (χ3n) is 7.43. The molecule has 2 unspecified atom stereocenters. The minimum absolute atomic E-state index is 0.0903. The van der Waals surface area contributed by atoms with Crippen molar-refractivity contribution < 1.29 is 14.3 Å². The highest BCUT2D eigenvalue weighted by atomic mass is 32.1. The summed E-state index contributed by atoms with van der Waals surface area (Å²) in [5.74, 6) is 1.04. The fraction of sp³-hybridized carbons (Fsp3) is 0.379. The summed E-state index contributed by atoms with van der Waals surface area (Å²) < 4.78 is 5.20. The number of hydrogen-bond acceptors (Lipinski definition) is 5. The lowest BCUT2D eigenvalue weighted by atomic mass is 9.92. The highest BCUT2D eigenvalue weighted by Crippen LogP contribution is 2.39. The van der Waals surface area contributed by atoms with E-state index in [4.69, 9.17) is 4.74 Å². The van der Waals surface area contributed by atoms with Crippen molar-refractivity contribution in [1.82, 2.24) is 14.7 Å². The molecule has 6 nitrogen and oxygen atoms in total. The lowest BCUT2D eigenvalue weighted by Gasteiger charge is -2.42. The first-order valence-electron chi connectivity index (χ1n) is 12.6. The summed E-state index contributed by atoms with van der Waals surface area (Å²) in [7, 11) is 1.63. The first-order chi connectivity index (χ1) is 17.5. The Hall–Kier alpha value is -3.16. The van der Waals surface area contributed by atoms with E-state index in [2.05, 4.69) is 40.6 Å². The normalized spacial score (nSPS) is 19.0. The molecule has 2 atom stereocenters. The molecule has 1 fully saturated rings. The van der Waals surface area contributed by atoms with E-state index in [-0.39, 0.29) is 23.9 Å². The van der Waals surface area contributed by atoms with Crippen molar-refractivity contribution in [3.8, 4) is 5.75 Å². The number of ether oxygens (including phenoxy) is 1. The van der Waals surface area contributed by atoms with Gasteiger partial charge in [0.2, 0.25) is 11.8 Å². The average Bonchev–Trinajstić information content (AvgIpc) is 3.42. The van der Waals surface area contributed by atoms with Crippen LogP contribution in [0.1, 0.15) is 34.5 Å². The number of piperazine rings is 1. The Morgan fingerprint density at radius 2 is 1.64 bits per heavy atom. The van der Waals surface area contributed by atoms with Gasteiger partial charge in [-0.25, -0.2) is 0 Å². The monoisotopic (exact) mass is 503 g/mol. The van der Waals surface area contributed by atoms with Crippen molar-refractivity contribution in [3.05, 3.63) is 87.6 Å². The maximum absolute atomic E-state index is 13.6. The quantitative estimate of drug-likeness (QED) is 0.510. The van der Waals surface area contributed by atoms with Crippen LogP contribution in [0.3, 0.4) is 0 Å². The van der Waals surface area contributed by atoms with Gasteiger partial charge < -0.3 is 14.5 Å². The van der Waals surface area contributed by atoms with Crippen LogP contribution in [0.25, 0.3) is 0 Å². The third-order valence-corrected chi connectivity index (χ3v) is 8.43. The lowest BCUT2D eigenvalue weighted by molar-refractivity contribution is -0.143. The second-order valence-corrected chi connectivity index (χ2v) is 10.5. The van der Waals surface area contributed by atoms with Crippen molar-refractivity contribution in [3.63, 3.8) is 0 Å². The molecule has 0 aliphatic carbocycles. The molecule has 5 rings (SSSR count). The minimum atomic E-state index is -0.232. The molecule has 0 spiro atoms. The highest BCUT2D eigenvalue weighted by molar-refractivity contribution is 7.10. The van der Waals surface area contributed by atoms with Crippen LogP contribution in [-0.4, -0.2) is 72.4 Å². The van der Waals surface area contributed by atoms with E-state index in [1.165, 1.54) is 16.0 Å². The van der Waals surface area contributed by atoms with Gasteiger partial charge in [-0.2, -0.15) is 0 Å². The number of benzene rings is 2. The highest BCUT2D eigenvalue weighted by Gasteiger charge is 2.37. The number of amides is 2. The molecular formula is C29H33N3O3S. The van der Waals surface area contributed by atoms with E-state index in [0.29, 0.717) is 32.6 Å².